The van der Waals surface area contributed by atoms with Gasteiger partial charge in [-0.1, -0.05) is 6.07 Å². The van der Waals surface area contributed by atoms with Crippen LogP contribution in [0.2, 0.25) is 0 Å². The molecule has 2 aromatic heterocycles. The van der Waals surface area contributed by atoms with Crippen LogP contribution in [-0.4, -0.2) is 32.9 Å². The number of H-pyrrole nitrogens is 1. The largest absolute Gasteiger partial charge is 0.341 e. The summed E-state index contributed by atoms with van der Waals surface area (Å²) in [5.41, 5.74) is 10.1. The van der Waals surface area contributed by atoms with Crippen LogP contribution < -0.4 is 5.73 Å². The van der Waals surface area contributed by atoms with E-state index in [1.807, 2.05) is 18.5 Å². The maximum Gasteiger partial charge on any atom is 0.123 e. The number of aromatic amines is 1. The van der Waals surface area contributed by atoms with Crippen LogP contribution in [0, 0.1) is 5.82 Å². The number of halogens is 1. The lowest BCUT2D eigenvalue weighted by Gasteiger charge is -2.34. The summed E-state index contributed by atoms with van der Waals surface area (Å²) in [6.07, 6.45) is 9.18. The molecule has 1 aromatic carbocycles. The Morgan fingerprint density at radius 2 is 2.00 bits per heavy atom. The molecule has 0 aliphatic heterocycles. The molecule has 3 aromatic rings. The number of unbranched alkanes of at least 4 members (excludes halogenated alkanes) is 1. The van der Waals surface area contributed by atoms with Crippen molar-refractivity contribution in [2.24, 2.45) is 5.73 Å². The molecule has 0 saturated carbocycles. The zero-order valence-corrected chi connectivity index (χ0v) is 16.6. The molecule has 29 heavy (non-hydrogen) atoms. The van der Waals surface area contributed by atoms with Gasteiger partial charge in [0, 0.05) is 6.20 Å². The van der Waals surface area contributed by atoms with Crippen LogP contribution in [0.5, 0.6) is 0 Å². The van der Waals surface area contributed by atoms with E-state index < -0.39 is 0 Å². The minimum absolute atomic E-state index is 0.233. The van der Waals surface area contributed by atoms with Crippen molar-refractivity contribution in [1.82, 2.24) is 19.9 Å². The van der Waals surface area contributed by atoms with Gasteiger partial charge in [0.05, 0.1) is 30.2 Å². The van der Waals surface area contributed by atoms with Crippen molar-refractivity contribution in [1.29, 1.82) is 0 Å². The molecule has 0 bridgehead atoms. The molecule has 6 heteroatoms. The Hall–Kier alpha value is -2.57. The van der Waals surface area contributed by atoms with Crippen molar-refractivity contribution in [3.8, 4) is 11.3 Å². The summed E-state index contributed by atoms with van der Waals surface area (Å²) in [7, 11) is 0. The molecular formula is C23H28FN5. The number of rotatable bonds is 8. The summed E-state index contributed by atoms with van der Waals surface area (Å²) in [6, 6.07) is 11.0. The highest BCUT2D eigenvalue weighted by molar-refractivity contribution is 5.58. The molecule has 2 heterocycles. The van der Waals surface area contributed by atoms with E-state index in [4.69, 9.17) is 10.7 Å². The fourth-order valence-electron chi connectivity index (χ4n) is 4.16. The van der Waals surface area contributed by atoms with Crippen molar-refractivity contribution in [2.45, 2.75) is 44.7 Å². The van der Waals surface area contributed by atoms with Crippen molar-refractivity contribution in [3.05, 3.63) is 71.7 Å². The lowest BCUT2D eigenvalue weighted by Crippen LogP contribution is -2.33. The minimum atomic E-state index is -0.233. The van der Waals surface area contributed by atoms with Gasteiger partial charge in [-0.15, -0.1) is 0 Å². The van der Waals surface area contributed by atoms with E-state index in [2.05, 4.69) is 20.9 Å². The van der Waals surface area contributed by atoms with Gasteiger partial charge in [-0.2, -0.15) is 0 Å². The number of hydrogen-bond acceptors (Lipinski definition) is 4. The second-order valence-corrected chi connectivity index (χ2v) is 7.67. The molecule has 0 radical (unpaired) electrons. The first-order valence-corrected chi connectivity index (χ1v) is 10.4. The summed E-state index contributed by atoms with van der Waals surface area (Å²) in [5.74, 6) is 0.683. The van der Waals surface area contributed by atoms with E-state index in [1.165, 1.54) is 29.8 Å². The summed E-state index contributed by atoms with van der Waals surface area (Å²) in [5, 5.41) is 0. The van der Waals surface area contributed by atoms with E-state index in [0.717, 1.165) is 55.9 Å². The second-order valence-electron chi connectivity index (χ2n) is 7.67. The molecule has 1 unspecified atom stereocenters. The minimum Gasteiger partial charge on any atom is -0.341 e. The number of nitrogens with one attached hydrogen (secondary N) is 1. The predicted octanol–water partition coefficient (Wildman–Crippen LogP) is 4.23. The van der Waals surface area contributed by atoms with Gasteiger partial charge in [-0.3, -0.25) is 9.88 Å². The first-order valence-electron chi connectivity index (χ1n) is 10.4. The topological polar surface area (TPSA) is 70.8 Å². The lowest BCUT2D eigenvalue weighted by atomic mass is 9.90. The Morgan fingerprint density at radius 3 is 2.83 bits per heavy atom. The highest BCUT2D eigenvalue weighted by atomic mass is 19.1. The average molecular weight is 394 g/mol. The molecule has 5 nitrogen and oxygen atoms in total. The summed E-state index contributed by atoms with van der Waals surface area (Å²) >= 11 is 0. The number of aryl methyl sites for hydroxylation is 1. The SMILES string of the molecule is NCCCCN(Cc1ncc(-c2ccc(F)cc2)[nH]1)C1CCCc2cccnc21. The monoisotopic (exact) mass is 393 g/mol. The molecule has 0 spiro atoms. The second kappa shape index (κ2) is 9.29. The Labute approximate surface area is 171 Å². The van der Waals surface area contributed by atoms with Crippen LogP contribution in [0.1, 0.15) is 48.8 Å². The highest BCUT2D eigenvalue weighted by Crippen LogP contribution is 2.33. The molecule has 1 aliphatic carbocycles. The maximum absolute atomic E-state index is 13.2. The normalized spacial score (nSPS) is 16.2. The van der Waals surface area contributed by atoms with E-state index in [0.29, 0.717) is 12.6 Å². The molecule has 152 valence electrons. The smallest absolute Gasteiger partial charge is 0.123 e. The molecule has 0 fully saturated rings. The number of aromatic nitrogens is 3. The van der Waals surface area contributed by atoms with Crippen LogP contribution in [0.25, 0.3) is 11.3 Å². The molecule has 1 atom stereocenters. The standard InChI is InChI=1S/C23H28FN5/c24-19-10-8-17(9-11-19)20-15-27-22(28-20)16-29(14-2-1-12-25)21-7-3-5-18-6-4-13-26-23(18)21/h4,6,8-11,13,15,21H,1-3,5,7,12,14,16,25H2,(H,27,28). The van der Waals surface area contributed by atoms with Crippen LogP contribution in [0.4, 0.5) is 4.39 Å². The van der Waals surface area contributed by atoms with Gasteiger partial charge in [0.25, 0.3) is 0 Å². The number of fused-ring (bicyclic) bond motifs is 1. The third-order valence-corrected chi connectivity index (χ3v) is 5.64. The summed E-state index contributed by atoms with van der Waals surface area (Å²) < 4.78 is 13.2. The van der Waals surface area contributed by atoms with Crippen LogP contribution in [0.15, 0.2) is 48.8 Å². The number of imidazole rings is 1. The molecule has 4 rings (SSSR count). The molecule has 0 amide bonds. The van der Waals surface area contributed by atoms with E-state index in [-0.39, 0.29) is 5.82 Å². The lowest BCUT2D eigenvalue weighted by molar-refractivity contribution is 0.159. The third-order valence-electron chi connectivity index (χ3n) is 5.64. The Kier molecular flexibility index (Phi) is 6.32. The van der Waals surface area contributed by atoms with Gasteiger partial charge in [-0.25, -0.2) is 9.37 Å². The van der Waals surface area contributed by atoms with Crippen LogP contribution in [0.3, 0.4) is 0 Å². The van der Waals surface area contributed by atoms with Crippen LogP contribution >= 0.6 is 0 Å². The molecule has 3 N–H and O–H groups in total. The molecular weight excluding hydrogens is 365 g/mol. The zero-order chi connectivity index (χ0) is 20.1. The van der Waals surface area contributed by atoms with Crippen molar-refractivity contribution < 1.29 is 4.39 Å². The summed E-state index contributed by atoms with van der Waals surface area (Å²) in [4.78, 5) is 15.2. The third kappa shape index (κ3) is 4.71. The maximum atomic E-state index is 13.2. The van der Waals surface area contributed by atoms with E-state index >= 15 is 0 Å². The van der Waals surface area contributed by atoms with E-state index in [1.54, 1.807) is 12.1 Å². The predicted molar refractivity (Wildman–Crippen MR) is 113 cm³/mol. The van der Waals surface area contributed by atoms with Crippen LogP contribution in [-0.2, 0) is 13.0 Å². The van der Waals surface area contributed by atoms with Gasteiger partial charge in [0.15, 0.2) is 0 Å². The Morgan fingerprint density at radius 1 is 1.14 bits per heavy atom. The number of pyridine rings is 1. The highest BCUT2D eigenvalue weighted by Gasteiger charge is 2.27. The number of benzene rings is 1. The van der Waals surface area contributed by atoms with Crippen molar-refractivity contribution in [3.63, 3.8) is 0 Å². The quantitative estimate of drug-likeness (QED) is 0.562. The molecule has 1 aliphatic rings. The number of hydrogen-bond donors (Lipinski definition) is 2. The van der Waals surface area contributed by atoms with Gasteiger partial charge in [-0.05, 0) is 86.7 Å². The van der Waals surface area contributed by atoms with Gasteiger partial charge < -0.3 is 10.7 Å². The van der Waals surface area contributed by atoms with Gasteiger partial charge in [0.2, 0.25) is 0 Å². The zero-order valence-electron chi connectivity index (χ0n) is 16.6. The number of nitrogens with zero attached hydrogens (tertiary/aromatic N) is 3. The van der Waals surface area contributed by atoms with Gasteiger partial charge >= 0.3 is 0 Å². The van der Waals surface area contributed by atoms with Crippen molar-refractivity contribution in [2.75, 3.05) is 13.1 Å². The first-order chi connectivity index (χ1) is 14.2. The Bertz CT molecular complexity index is 921. The first kappa shape index (κ1) is 19.7. The molecule has 0 saturated heterocycles. The van der Waals surface area contributed by atoms with Crippen molar-refractivity contribution >= 4 is 0 Å². The Balaban J connectivity index is 1.54. The summed E-state index contributed by atoms with van der Waals surface area (Å²) in [6.45, 7) is 2.40. The fraction of sp³-hybridized carbons (Fsp3) is 0.391. The fourth-order valence-corrected chi connectivity index (χ4v) is 4.16. The number of nitrogens with two attached hydrogens (primary N) is 1. The average Bonchev–Trinajstić information content (AvgIpc) is 3.22. The van der Waals surface area contributed by atoms with Gasteiger partial charge in [0.1, 0.15) is 11.6 Å². The van der Waals surface area contributed by atoms with E-state index in [9.17, 15) is 4.39 Å².